The number of benzene rings is 1. The van der Waals surface area contributed by atoms with Gasteiger partial charge in [0.2, 0.25) is 0 Å². The molecule has 0 saturated carbocycles. The molecule has 5 nitrogen and oxygen atoms in total. The van der Waals surface area contributed by atoms with E-state index in [1.807, 2.05) is 0 Å². The summed E-state index contributed by atoms with van der Waals surface area (Å²) < 4.78 is 19.7. The maximum atomic E-state index is 13.9. The Balaban J connectivity index is 1.76. The lowest BCUT2D eigenvalue weighted by molar-refractivity contribution is 0.306. The lowest BCUT2D eigenvalue weighted by Crippen LogP contribution is -2.30. The van der Waals surface area contributed by atoms with Crippen molar-refractivity contribution in [2.45, 2.75) is 18.9 Å². The number of nitrogens with two attached hydrogens (primary N) is 1. The van der Waals surface area contributed by atoms with Crippen LogP contribution in [0.5, 0.6) is 0 Å². The molecular weight excluding hydrogens is 339 g/mol. The molecule has 1 aromatic heterocycles. The molecule has 0 spiro atoms. The van der Waals surface area contributed by atoms with Gasteiger partial charge < -0.3 is 15.2 Å². The molecule has 0 radical (unpaired) electrons. The highest BCUT2D eigenvalue weighted by atomic mass is 79.9. The fourth-order valence-corrected chi connectivity index (χ4v) is 2.82. The highest BCUT2D eigenvalue weighted by molar-refractivity contribution is 9.10. The predicted molar refractivity (Wildman–Crippen MR) is 80.0 cm³/mol. The summed E-state index contributed by atoms with van der Waals surface area (Å²) in [4.78, 5) is 6.51. The Kier molecular flexibility index (Phi) is 4.32. The summed E-state index contributed by atoms with van der Waals surface area (Å²) >= 11 is 3.21. The average molecular weight is 355 g/mol. The molecule has 1 unspecified atom stereocenters. The summed E-state index contributed by atoms with van der Waals surface area (Å²) in [5.74, 6) is 0.166. The smallest absolute Gasteiger partial charge is 0.260 e. The number of hydrogen-bond acceptors (Lipinski definition) is 5. The van der Waals surface area contributed by atoms with Crippen LogP contribution in [-0.2, 0) is 0 Å². The molecule has 1 fully saturated rings. The Morgan fingerprint density at radius 1 is 1.38 bits per heavy atom. The van der Waals surface area contributed by atoms with Gasteiger partial charge in [-0.25, -0.2) is 4.39 Å². The van der Waals surface area contributed by atoms with Crippen LogP contribution in [0.2, 0.25) is 0 Å². The van der Waals surface area contributed by atoms with Gasteiger partial charge in [-0.05, 0) is 44.1 Å². The monoisotopic (exact) mass is 354 g/mol. The Labute approximate surface area is 130 Å². The van der Waals surface area contributed by atoms with Crippen LogP contribution in [0, 0.1) is 5.82 Å². The molecule has 1 saturated heterocycles. The van der Waals surface area contributed by atoms with Crippen LogP contribution < -0.4 is 5.73 Å². The molecule has 1 aromatic carbocycles. The lowest BCUT2D eigenvalue weighted by Gasteiger charge is -2.17. The summed E-state index contributed by atoms with van der Waals surface area (Å²) in [5.41, 5.74) is 6.38. The van der Waals surface area contributed by atoms with Crippen molar-refractivity contribution >= 4 is 15.9 Å². The van der Waals surface area contributed by atoms with Gasteiger partial charge in [0, 0.05) is 11.0 Å². The first-order valence-electron chi connectivity index (χ1n) is 6.90. The summed E-state index contributed by atoms with van der Waals surface area (Å²) in [6, 6.07) is 4.37. The van der Waals surface area contributed by atoms with Crippen molar-refractivity contribution in [3.05, 3.63) is 34.3 Å². The molecule has 1 atom stereocenters. The van der Waals surface area contributed by atoms with Crippen molar-refractivity contribution in [3.8, 4) is 11.5 Å². The third kappa shape index (κ3) is 3.30. The first-order valence-corrected chi connectivity index (χ1v) is 7.70. The van der Waals surface area contributed by atoms with E-state index in [9.17, 15) is 4.39 Å². The molecule has 0 aliphatic carbocycles. The second kappa shape index (κ2) is 6.21. The van der Waals surface area contributed by atoms with E-state index in [4.69, 9.17) is 10.3 Å². The first-order chi connectivity index (χ1) is 10.1. The highest BCUT2D eigenvalue weighted by Gasteiger charge is 2.21. The topological polar surface area (TPSA) is 68.2 Å². The van der Waals surface area contributed by atoms with Gasteiger partial charge >= 0.3 is 0 Å². The second-order valence-electron chi connectivity index (χ2n) is 5.20. The van der Waals surface area contributed by atoms with Crippen LogP contribution in [-0.4, -0.2) is 34.7 Å². The summed E-state index contributed by atoms with van der Waals surface area (Å²) in [5, 5.41) is 3.88. The van der Waals surface area contributed by atoms with Crippen molar-refractivity contribution in [1.82, 2.24) is 15.0 Å². The van der Waals surface area contributed by atoms with Crippen molar-refractivity contribution in [3.63, 3.8) is 0 Å². The number of likely N-dealkylation sites (tertiary alicyclic amines) is 1. The lowest BCUT2D eigenvalue weighted by atomic mass is 10.2. The van der Waals surface area contributed by atoms with E-state index in [1.54, 1.807) is 12.1 Å². The molecule has 112 valence electrons. The number of aromatic nitrogens is 2. The summed E-state index contributed by atoms with van der Waals surface area (Å²) in [7, 11) is 0. The highest BCUT2D eigenvalue weighted by Crippen LogP contribution is 2.25. The minimum absolute atomic E-state index is 0.159. The molecule has 2 aromatic rings. The maximum Gasteiger partial charge on any atom is 0.260 e. The van der Waals surface area contributed by atoms with Gasteiger partial charge in [-0.2, -0.15) is 4.98 Å². The average Bonchev–Trinajstić information content (AvgIpc) is 3.09. The molecule has 0 amide bonds. The second-order valence-corrected chi connectivity index (χ2v) is 6.11. The number of rotatable bonds is 4. The standard InChI is InChI=1S/C14H16BrFN4O/c15-9-3-4-10(11(16)7-9)14-18-13(19-21-14)12(17)8-20-5-1-2-6-20/h3-4,7,12H,1-2,5-6,8,17H2. The van der Waals surface area contributed by atoms with Gasteiger partial charge in [-0.3, -0.25) is 0 Å². The van der Waals surface area contributed by atoms with E-state index in [1.165, 1.54) is 18.9 Å². The maximum absolute atomic E-state index is 13.9. The van der Waals surface area contributed by atoms with Gasteiger partial charge in [0.05, 0.1) is 11.6 Å². The zero-order valence-electron chi connectivity index (χ0n) is 11.4. The van der Waals surface area contributed by atoms with E-state index in [2.05, 4.69) is 31.0 Å². The van der Waals surface area contributed by atoms with Crippen LogP contribution in [0.3, 0.4) is 0 Å². The molecule has 3 rings (SSSR count). The van der Waals surface area contributed by atoms with Crippen LogP contribution in [0.4, 0.5) is 4.39 Å². The van der Waals surface area contributed by atoms with E-state index in [0.717, 1.165) is 13.1 Å². The van der Waals surface area contributed by atoms with Gasteiger partial charge in [0.1, 0.15) is 5.82 Å². The van der Waals surface area contributed by atoms with Crippen LogP contribution in [0.25, 0.3) is 11.5 Å². The third-order valence-corrected chi connectivity index (χ3v) is 4.08. The van der Waals surface area contributed by atoms with Crippen molar-refractivity contribution in [1.29, 1.82) is 0 Å². The summed E-state index contributed by atoms with van der Waals surface area (Å²) in [6.07, 6.45) is 2.41. The zero-order chi connectivity index (χ0) is 14.8. The Hall–Kier alpha value is -1.31. The van der Waals surface area contributed by atoms with Crippen molar-refractivity contribution in [2.24, 2.45) is 5.73 Å². The fraction of sp³-hybridized carbons (Fsp3) is 0.429. The van der Waals surface area contributed by atoms with E-state index in [-0.39, 0.29) is 17.5 Å². The Morgan fingerprint density at radius 3 is 2.86 bits per heavy atom. The molecule has 1 aliphatic heterocycles. The zero-order valence-corrected chi connectivity index (χ0v) is 13.0. The fourth-order valence-electron chi connectivity index (χ4n) is 2.48. The van der Waals surface area contributed by atoms with Crippen molar-refractivity contribution < 1.29 is 8.91 Å². The van der Waals surface area contributed by atoms with Gasteiger partial charge in [-0.1, -0.05) is 21.1 Å². The predicted octanol–water partition coefficient (Wildman–Crippen LogP) is 2.73. The largest absolute Gasteiger partial charge is 0.334 e. The molecule has 2 N–H and O–H groups in total. The van der Waals surface area contributed by atoms with Crippen LogP contribution in [0.15, 0.2) is 27.2 Å². The summed E-state index contributed by atoms with van der Waals surface area (Å²) in [6.45, 7) is 2.81. The van der Waals surface area contributed by atoms with Crippen LogP contribution >= 0.6 is 15.9 Å². The number of hydrogen-bond donors (Lipinski definition) is 1. The van der Waals surface area contributed by atoms with Gasteiger partial charge in [-0.15, -0.1) is 0 Å². The first kappa shape index (κ1) is 14.6. The molecule has 0 bridgehead atoms. The Bertz CT molecular complexity index is 627. The normalized spacial score (nSPS) is 17.3. The molecule has 21 heavy (non-hydrogen) atoms. The minimum Gasteiger partial charge on any atom is -0.334 e. The molecular formula is C14H16BrFN4O. The third-order valence-electron chi connectivity index (χ3n) is 3.59. The van der Waals surface area contributed by atoms with Crippen LogP contribution in [0.1, 0.15) is 24.7 Å². The van der Waals surface area contributed by atoms with E-state index < -0.39 is 5.82 Å². The minimum atomic E-state index is -0.410. The van der Waals surface area contributed by atoms with Gasteiger partial charge in [0.25, 0.3) is 5.89 Å². The Morgan fingerprint density at radius 2 is 2.14 bits per heavy atom. The van der Waals surface area contributed by atoms with Gasteiger partial charge in [0.15, 0.2) is 5.82 Å². The van der Waals surface area contributed by atoms with E-state index >= 15 is 0 Å². The SMILES string of the molecule is NC(CN1CCCC1)c1noc(-c2ccc(Br)cc2F)n1. The van der Waals surface area contributed by atoms with Crippen molar-refractivity contribution in [2.75, 3.05) is 19.6 Å². The molecule has 1 aliphatic rings. The number of nitrogens with zero attached hydrogens (tertiary/aromatic N) is 3. The molecule has 7 heteroatoms. The molecule has 2 heterocycles. The van der Waals surface area contributed by atoms with E-state index in [0.29, 0.717) is 16.8 Å². The quantitative estimate of drug-likeness (QED) is 0.914. The number of halogens is 2.